The lowest BCUT2D eigenvalue weighted by Gasteiger charge is -2.15. The third-order valence-electron chi connectivity index (χ3n) is 2.54. The van der Waals surface area contributed by atoms with Crippen LogP contribution in [0.4, 0.5) is 0 Å². The van der Waals surface area contributed by atoms with Gasteiger partial charge in [0.15, 0.2) is 0 Å². The van der Waals surface area contributed by atoms with Gasteiger partial charge >= 0.3 is 0 Å². The molecule has 2 rings (SSSR count). The second kappa shape index (κ2) is 4.91. The molecule has 1 saturated carbocycles. The third kappa shape index (κ3) is 3.40. The highest BCUT2D eigenvalue weighted by molar-refractivity contribution is 7.07. The van der Waals surface area contributed by atoms with E-state index in [4.69, 9.17) is 0 Å². The first kappa shape index (κ1) is 10.1. The van der Waals surface area contributed by atoms with Crippen molar-refractivity contribution in [2.75, 3.05) is 20.1 Å². The molecule has 1 aliphatic carbocycles. The Balaban J connectivity index is 1.60. The molecular formula is C11H18N2S. The fraction of sp³-hybridized carbons (Fsp3) is 0.636. The average Bonchev–Trinajstić information content (AvgIpc) is 2.83. The minimum atomic E-state index is 0.838. The van der Waals surface area contributed by atoms with Crippen LogP contribution < -0.4 is 5.32 Å². The van der Waals surface area contributed by atoms with Crippen molar-refractivity contribution in [3.63, 3.8) is 0 Å². The Morgan fingerprint density at radius 2 is 2.43 bits per heavy atom. The number of hydrogen-bond donors (Lipinski definition) is 1. The Morgan fingerprint density at radius 1 is 1.57 bits per heavy atom. The molecule has 0 aromatic carbocycles. The number of thiophene rings is 1. The largest absolute Gasteiger partial charge is 0.313 e. The first-order valence-corrected chi connectivity index (χ1v) is 6.22. The number of nitrogens with one attached hydrogen (secondary N) is 1. The zero-order chi connectivity index (χ0) is 9.80. The number of rotatable bonds is 6. The van der Waals surface area contributed by atoms with Crippen molar-refractivity contribution >= 4 is 11.3 Å². The summed E-state index contributed by atoms with van der Waals surface area (Å²) in [5, 5.41) is 7.90. The second-order valence-corrected chi connectivity index (χ2v) is 4.88. The van der Waals surface area contributed by atoms with Crippen molar-refractivity contribution in [1.82, 2.24) is 10.2 Å². The van der Waals surface area contributed by atoms with E-state index >= 15 is 0 Å². The van der Waals surface area contributed by atoms with E-state index in [0.29, 0.717) is 0 Å². The summed E-state index contributed by atoms with van der Waals surface area (Å²) in [5.74, 6) is 0. The fourth-order valence-electron chi connectivity index (χ4n) is 1.52. The monoisotopic (exact) mass is 210 g/mol. The summed E-state index contributed by atoms with van der Waals surface area (Å²) >= 11 is 1.78. The molecule has 0 radical (unpaired) electrons. The van der Waals surface area contributed by atoms with Gasteiger partial charge in [-0.05, 0) is 42.3 Å². The van der Waals surface area contributed by atoms with E-state index in [2.05, 4.69) is 34.1 Å². The molecule has 1 N–H and O–H groups in total. The first-order chi connectivity index (χ1) is 6.84. The summed E-state index contributed by atoms with van der Waals surface area (Å²) in [7, 11) is 2.19. The van der Waals surface area contributed by atoms with Crippen LogP contribution in [0.15, 0.2) is 16.8 Å². The van der Waals surface area contributed by atoms with Crippen molar-refractivity contribution in [2.24, 2.45) is 0 Å². The van der Waals surface area contributed by atoms with Crippen LogP contribution in [0.1, 0.15) is 18.4 Å². The quantitative estimate of drug-likeness (QED) is 0.772. The van der Waals surface area contributed by atoms with Gasteiger partial charge in [-0.25, -0.2) is 0 Å². The van der Waals surface area contributed by atoms with Crippen LogP contribution >= 0.6 is 11.3 Å². The van der Waals surface area contributed by atoms with Gasteiger partial charge < -0.3 is 10.2 Å². The fourth-order valence-corrected chi connectivity index (χ4v) is 2.18. The molecular weight excluding hydrogens is 192 g/mol. The predicted molar refractivity (Wildman–Crippen MR) is 61.7 cm³/mol. The Labute approximate surface area is 89.9 Å². The van der Waals surface area contributed by atoms with Gasteiger partial charge in [-0.15, -0.1) is 0 Å². The smallest absolute Gasteiger partial charge is 0.0239 e. The molecule has 78 valence electrons. The lowest BCUT2D eigenvalue weighted by molar-refractivity contribution is 0.324. The maximum atomic E-state index is 3.53. The summed E-state index contributed by atoms with van der Waals surface area (Å²) in [5.41, 5.74) is 1.43. The van der Waals surface area contributed by atoms with Gasteiger partial charge in [0.05, 0.1) is 0 Å². The van der Waals surface area contributed by atoms with Crippen LogP contribution in [0.25, 0.3) is 0 Å². The summed E-state index contributed by atoms with van der Waals surface area (Å²) < 4.78 is 0. The molecule has 0 spiro atoms. The van der Waals surface area contributed by atoms with E-state index in [1.165, 1.54) is 18.4 Å². The highest BCUT2D eigenvalue weighted by Crippen LogP contribution is 2.18. The molecule has 0 saturated heterocycles. The van der Waals surface area contributed by atoms with E-state index in [1.54, 1.807) is 11.3 Å². The summed E-state index contributed by atoms with van der Waals surface area (Å²) in [6.45, 7) is 3.35. The molecule has 2 nitrogen and oxygen atoms in total. The highest BCUT2D eigenvalue weighted by Gasteiger charge is 2.19. The number of nitrogens with zero attached hydrogens (tertiary/aromatic N) is 1. The molecule has 3 heteroatoms. The van der Waals surface area contributed by atoms with Crippen molar-refractivity contribution in [2.45, 2.75) is 25.4 Å². The van der Waals surface area contributed by atoms with Crippen LogP contribution in [0.2, 0.25) is 0 Å². The van der Waals surface area contributed by atoms with E-state index in [0.717, 1.165) is 25.7 Å². The summed E-state index contributed by atoms with van der Waals surface area (Å²) in [6.07, 6.45) is 2.77. The highest BCUT2D eigenvalue weighted by atomic mass is 32.1. The third-order valence-corrected chi connectivity index (χ3v) is 3.27. The van der Waals surface area contributed by atoms with Crippen LogP contribution in [-0.2, 0) is 6.54 Å². The van der Waals surface area contributed by atoms with Gasteiger partial charge in [0.25, 0.3) is 0 Å². The van der Waals surface area contributed by atoms with Gasteiger partial charge in [0.2, 0.25) is 0 Å². The first-order valence-electron chi connectivity index (χ1n) is 5.27. The molecule has 0 bridgehead atoms. The van der Waals surface area contributed by atoms with E-state index in [-0.39, 0.29) is 0 Å². The SMILES string of the molecule is CN(CCNC1CC1)Cc1ccsc1. The van der Waals surface area contributed by atoms with Crippen LogP contribution in [0.3, 0.4) is 0 Å². The molecule has 1 aromatic rings. The van der Waals surface area contributed by atoms with Crippen molar-refractivity contribution in [3.8, 4) is 0 Å². The standard InChI is InChI=1S/C11H18N2S/c1-13(6-5-12-11-2-3-11)8-10-4-7-14-9-10/h4,7,9,11-12H,2-3,5-6,8H2,1H3. The molecule has 1 aromatic heterocycles. The molecule has 0 unspecified atom stereocenters. The molecule has 0 aliphatic heterocycles. The van der Waals surface area contributed by atoms with Gasteiger partial charge in [0, 0.05) is 25.7 Å². The maximum Gasteiger partial charge on any atom is 0.0239 e. The molecule has 0 amide bonds. The maximum absolute atomic E-state index is 3.53. The molecule has 0 atom stereocenters. The topological polar surface area (TPSA) is 15.3 Å². The lowest BCUT2D eigenvalue weighted by atomic mass is 10.3. The van der Waals surface area contributed by atoms with Crippen molar-refractivity contribution < 1.29 is 0 Å². The van der Waals surface area contributed by atoms with Gasteiger partial charge in [-0.2, -0.15) is 11.3 Å². The summed E-state index contributed by atoms with van der Waals surface area (Å²) in [4.78, 5) is 2.37. The van der Waals surface area contributed by atoms with Crippen LogP contribution in [-0.4, -0.2) is 31.1 Å². The second-order valence-electron chi connectivity index (χ2n) is 4.10. The molecule has 1 fully saturated rings. The van der Waals surface area contributed by atoms with E-state index in [9.17, 15) is 0 Å². The number of likely N-dealkylation sites (N-methyl/N-ethyl adjacent to an activating group) is 1. The lowest BCUT2D eigenvalue weighted by Crippen LogP contribution is -2.29. The Morgan fingerprint density at radius 3 is 3.07 bits per heavy atom. The molecule has 1 aliphatic rings. The van der Waals surface area contributed by atoms with Gasteiger partial charge in [0.1, 0.15) is 0 Å². The Bertz CT molecular complexity index is 254. The average molecular weight is 210 g/mol. The minimum Gasteiger partial charge on any atom is -0.313 e. The van der Waals surface area contributed by atoms with Gasteiger partial charge in [-0.3, -0.25) is 0 Å². The predicted octanol–water partition coefficient (Wildman–Crippen LogP) is 1.93. The van der Waals surface area contributed by atoms with Gasteiger partial charge in [-0.1, -0.05) is 0 Å². The Hall–Kier alpha value is -0.380. The van der Waals surface area contributed by atoms with Crippen molar-refractivity contribution in [3.05, 3.63) is 22.4 Å². The van der Waals surface area contributed by atoms with E-state index < -0.39 is 0 Å². The van der Waals surface area contributed by atoms with Crippen molar-refractivity contribution in [1.29, 1.82) is 0 Å². The van der Waals surface area contributed by atoms with E-state index in [1.807, 2.05) is 0 Å². The normalized spacial score (nSPS) is 16.4. The number of hydrogen-bond acceptors (Lipinski definition) is 3. The molecule has 1 heterocycles. The minimum absolute atomic E-state index is 0.838. The Kier molecular flexibility index (Phi) is 3.56. The van der Waals surface area contributed by atoms with Crippen LogP contribution in [0, 0.1) is 0 Å². The van der Waals surface area contributed by atoms with Crippen LogP contribution in [0.5, 0.6) is 0 Å². The zero-order valence-electron chi connectivity index (χ0n) is 8.70. The zero-order valence-corrected chi connectivity index (χ0v) is 9.52. The summed E-state index contributed by atoms with van der Waals surface area (Å²) in [6, 6.07) is 3.04. The molecule has 14 heavy (non-hydrogen) atoms.